The molecule has 4 aromatic rings. The second kappa shape index (κ2) is 6.96. The van der Waals surface area contributed by atoms with Crippen molar-refractivity contribution in [3.8, 4) is 5.69 Å². The number of aromatic amines is 1. The van der Waals surface area contributed by atoms with E-state index >= 15 is 0 Å². The van der Waals surface area contributed by atoms with Crippen molar-refractivity contribution in [2.45, 2.75) is 25.3 Å². The second-order valence-corrected chi connectivity index (χ2v) is 7.19. The molecule has 0 amide bonds. The lowest BCUT2D eigenvalue weighted by Gasteiger charge is -2.31. The molecule has 0 saturated carbocycles. The smallest absolute Gasteiger partial charge is 0.0971 e. The summed E-state index contributed by atoms with van der Waals surface area (Å²) in [6.07, 6.45) is 6.13. The van der Waals surface area contributed by atoms with Gasteiger partial charge in [-0.25, -0.2) is 9.67 Å². The molecule has 1 aliphatic rings. The van der Waals surface area contributed by atoms with Gasteiger partial charge in [-0.2, -0.15) is 0 Å². The highest BCUT2D eigenvalue weighted by atomic mass is 15.4. The van der Waals surface area contributed by atoms with Gasteiger partial charge in [0.15, 0.2) is 0 Å². The lowest BCUT2D eigenvalue weighted by atomic mass is 9.88. The lowest BCUT2D eigenvalue weighted by Crippen LogP contribution is -2.32. The van der Waals surface area contributed by atoms with Gasteiger partial charge < -0.3 is 4.98 Å². The topological polar surface area (TPSA) is 62.6 Å². The average Bonchev–Trinajstić information content (AvgIpc) is 3.38. The highest BCUT2D eigenvalue weighted by Crippen LogP contribution is 2.32. The summed E-state index contributed by atoms with van der Waals surface area (Å²) in [5.74, 6) is 0.577. The zero-order valence-electron chi connectivity index (χ0n) is 15.1. The van der Waals surface area contributed by atoms with E-state index in [0.29, 0.717) is 5.92 Å². The standard InChI is InChI=1S/C21H22N6/c1-2-5-18(6-3-1)27-14-17(24-25-27)13-26-11-9-16(10-12-26)19-7-4-8-20-21(19)23-15-22-20/h1-8,14-16H,9-13H2,(H,22,23). The molecular weight excluding hydrogens is 336 g/mol. The first-order valence-corrected chi connectivity index (χ1v) is 9.48. The summed E-state index contributed by atoms with van der Waals surface area (Å²) in [6, 6.07) is 16.6. The van der Waals surface area contributed by atoms with Gasteiger partial charge in [0.1, 0.15) is 0 Å². The van der Waals surface area contributed by atoms with Crippen molar-refractivity contribution >= 4 is 11.0 Å². The zero-order chi connectivity index (χ0) is 18.1. The minimum atomic E-state index is 0.577. The van der Waals surface area contributed by atoms with E-state index < -0.39 is 0 Å². The van der Waals surface area contributed by atoms with E-state index in [1.807, 2.05) is 41.2 Å². The number of hydrogen-bond donors (Lipinski definition) is 1. The van der Waals surface area contributed by atoms with Crippen molar-refractivity contribution in [2.75, 3.05) is 13.1 Å². The van der Waals surface area contributed by atoms with Crippen LogP contribution in [-0.2, 0) is 6.54 Å². The van der Waals surface area contributed by atoms with Crippen LogP contribution < -0.4 is 0 Å². The molecule has 27 heavy (non-hydrogen) atoms. The van der Waals surface area contributed by atoms with Crippen molar-refractivity contribution in [3.05, 3.63) is 72.3 Å². The maximum absolute atomic E-state index is 4.52. The van der Waals surface area contributed by atoms with Crippen LogP contribution in [0.3, 0.4) is 0 Å². The highest BCUT2D eigenvalue weighted by molar-refractivity contribution is 5.78. The van der Waals surface area contributed by atoms with E-state index in [1.54, 1.807) is 6.33 Å². The Morgan fingerprint density at radius 3 is 2.70 bits per heavy atom. The van der Waals surface area contributed by atoms with E-state index in [4.69, 9.17) is 0 Å². The molecular formula is C21H22N6. The first-order chi connectivity index (χ1) is 13.4. The van der Waals surface area contributed by atoms with Crippen LogP contribution in [0.5, 0.6) is 0 Å². The number of rotatable bonds is 4. The van der Waals surface area contributed by atoms with Crippen LogP contribution in [0.2, 0.25) is 0 Å². The number of fused-ring (bicyclic) bond motifs is 1. The van der Waals surface area contributed by atoms with E-state index in [2.05, 4.69) is 43.4 Å². The number of nitrogens with one attached hydrogen (secondary N) is 1. The van der Waals surface area contributed by atoms with Gasteiger partial charge in [0.2, 0.25) is 0 Å². The Morgan fingerprint density at radius 2 is 1.85 bits per heavy atom. The van der Waals surface area contributed by atoms with E-state index in [1.165, 1.54) is 5.56 Å². The van der Waals surface area contributed by atoms with E-state index in [0.717, 1.165) is 54.9 Å². The third kappa shape index (κ3) is 3.24. The van der Waals surface area contributed by atoms with Crippen molar-refractivity contribution in [1.82, 2.24) is 29.9 Å². The van der Waals surface area contributed by atoms with Crippen LogP contribution in [-0.4, -0.2) is 43.0 Å². The fourth-order valence-corrected chi connectivity index (χ4v) is 4.03. The molecule has 0 atom stereocenters. The van der Waals surface area contributed by atoms with E-state index in [9.17, 15) is 0 Å². The van der Waals surface area contributed by atoms with Crippen LogP contribution in [0, 0.1) is 0 Å². The monoisotopic (exact) mass is 358 g/mol. The van der Waals surface area contributed by atoms with Crippen LogP contribution in [0.25, 0.3) is 16.7 Å². The molecule has 1 N–H and O–H groups in total. The number of aromatic nitrogens is 5. The molecule has 6 heteroatoms. The average molecular weight is 358 g/mol. The molecule has 2 aromatic carbocycles. The maximum Gasteiger partial charge on any atom is 0.0971 e. The molecule has 1 fully saturated rings. The normalized spacial score (nSPS) is 16.1. The van der Waals surface area contributed by atoms with E-state index in [-0.39, 0.29) is 0 Å². The van der Waals surface area contributed by atoms with Crippen LogP contribution in [0.15, 0.2) is 61.1 Å². The second-order valence-electron chi connectivity index (χ2n) is 7.19. The van der Waals surface area contributed by atoms with Gasteiger partial charge in [-0.15, -0.1) is 5.10 Å². The number of hydrogen-bond acceptors (Lipinski definition) is 4. The zero-order valence-corrected chi connectivity index (χ0v) is 15.1. The van der Waals surface area contributed by atoms with Gasteiger partial charge in [0, 0.05) is 6.54 Å². The summed E-state index contributed by atoms with van der Waals surface area (Å²) in [5, 5.41) is 8.63. The summed E-state index contributed by atoms with van der Waals surface area (Å²) in [7, 11) is 0. The lowest BCUT2D eigenvalue weighted by molar-refractivity contribution is 0.203. The fraction of sp³-hybridized carbons (Fsp3) is 0.286. The predicted octanol–water partition coefficient (Wildman–Crippen LogP) is 3.52. The Balaban J connectivity index is 1.24. The number of para-hydroxylation sites is 2. The van der Waals surface area contributed by atoms with Crippen LogP contribution in [0.1, 0.15) is 30.0 Å². The summed E-state index contributed by atoms with van der Waals surface area (Å²) < 4.78 is 1.85. The maximum atomic E-state index is 4.52. The van der Waals surface area contributed by atoms with Gasteiger partial charge in [-0.1, -0.05) is 35.5 Å². The number of piperidine rings is 1. The Bertz CT molecular complexity index is 1030. The minimum absolute atomic E-state index is 0.577. The minimum Gasteiger partial charge on any atom is -0.345 e. The van der Waals surface area contributed by atoms with Gasteiger partial charge >= 0.3 is 0 Å². The number of likely N-dealkylation sites (tertiary alicyclic amines) is 1. The third-order valence-corrected chi connectivity index (χ3v) is 5.46. The molecule has 136 valence electrons. The van der Waals surface area contributed by atoms with Crippen molar-refractivity contribution in [3.63, 3.8) is 0 Å². The SMILES string of the molecule is c1ccc(-n2cc(CN3CCC(c4cccc5[nH]cnc45)CC3)nn2)cc1. The fourth-order valence-electron chi connectivity index (χ4n) is 4.03. The summed E-state index contributed by atoms with van der Waals surface area (Å²) in [4.78, 5) is 10.2. The first kappa shape index (κ1) is 16.2. The molecule has 1 aliphatic heterocycles. The van der Waals surface area contributed by atoms with Gasteiger partial charge in [0.25, 0.3) is 0 Å². The third-order valence-electron chi connectivity index (χ3n) is 5.46. The molecule has 0 bridgehead atoms. The Hall–Kier alpha value is -2.99. The first-order valence-electron chi connectivity index (χ1n) is 9.48. The molecule has 0 unspecified atom stereocenters. The van der Waals surface area contributed by atoms with Crippen LogP contribution in [0.4, 0.5) is 0 Å². The summed E-state index contributed by atoms with van der Waals surface area (Å²) in [5.41, 5.74) is 5.70. The van der Waals surface area contributed by atoms with Gasteiger partial charge in [-0.3, -0.25) is 4.90 Å². The molecule has 5 rings (SSSR count). The summed E-state index contributed by atoms with van der Waals surface area (Å²) >= 11 is 0. The predicted molar refractivity (Wildman–Crippen MR) is 105 cm³/mol. The number of H-pyrrole nitrogens is 1. The summed E-state index contributed by atoms with van der Waals surface area (Å²) in [6.45, 7) is 3.00. The molecule has 0 radical (unpaired) electrons. The van der Waals surface area contributed by atoms with Gasteiger partial charge in [-0.05, 0) is 55.6 Å². The molecule has 0 aliphatic carbocycles. The largest absolute Gasteiger partial charge is 0.345 e. The van der Waals surface area contributed by atoms with Gasteiger partial charge in [0.05, 0.1) is 34.9 Å². The molecule has 3 heterocycles. The van der Waals surface area contributed by atoms with Crippen molar-refractivity contribution < 1.29 is 0 Å². The molecule has 6 nitrogen and oxygen atoms in total. The molecule has 1 saturated heterocycles. The molecule has 2 aromatic heterocycles. The quantitative estimate of drug-likeness (QED) is 0.606. The van der Waals surface area contributed by atoms with Crippen molar-refractivity contribution in [1.29, 1.82) is 0 Å². The van der Waals surface area contributed by atoms with Crippen molar-refractivity contribution in [2.24, 2.45) is 0 Å². The highest BCUT2D eigenvalue weighted by Gasteiger charge is 2.23. The number of imidazole rings is 1. The molecule has 0 spiro atoms. The number of benzene rings is 2. The van der Waals surface area contributed by atoms with Crippen LogP contribution >= 0.6 is 0 Å². The Labute approximate surface area is 157 Å². The Morgan fingerprint density at radius 1 is 1.00 bits per heavy atom. The Kier molecular flexibility index (Phi) is 4.18. The number of nitrogens with zero attached hydrogens (tertiary/aromatic N) is 5.